The van der Waals surface area contributed by atoms with Crippen LogP contribution in [0.3, 0.4) is 0 Å². The van der Waals surface area contributed by atoms with Gasteiger partial charge in [-0.05, 0) is 38.5 Å². The van der Waals surface area contributed by atoms with E-state index < -0.39 is 12.1 Å². The van der Waals surface area contributed by atoms with Gasteiger partial charge in [-0.25, -0.2) is 0 Å². The lowest BCUT2D eigenvalue weighted by Gasteiger charge is -2.15. The number of allylic oxidation sites excluding steroid dienone is 2. The Bertz CT molecular complexity index is 391. The summed E-state index contributed by atoms with van der Waals surface area (Å²) in [6.45, 7) is 0.649. The van der Waals surface area contributed by atoms with Crippen molar-refractivity contribution < 1.29 is 24.9 Å². The zero-order valence-corrected chi connectivity index (χ0v) is 14.5. The first-order valence-corrected chi connectivity index (χ1v) is 9.09. The molecule has 0 spiro atoms. The first kappa shape index (κ1) is 20.9. The van der Waals surface area contributed by atoms with Gasteiger partial charge >= 0.3 is 5.97 Å². The number of unbranched alkanes of at least 4 members (excludes halogenated alkanes) is 5. The molecule has 3 atom stereocenters. The van der Waals surface area contributed by atoms with Crippen LogP contribution in [-0.4, -0.2) is 46.7 Å². The van der Waals surface area contributed by atoms with Gasteiger partial charge in [-0.2, -0.15) is 0 Å². The summed E-state index contributed by atoms with van der Waals surface area (Å²) in [7, 11) is 0. The second-order valence-electron chi connectivity index (χ2n) is 6.36. The molecule has 0 radical (unpaired) electrons. The second-order valence-corrected chi connectivity index (χ2v) is 6.36. The summed E-state index contributed by atoms with van der Waals surface area (Å²) in [5, 5.41) is 27.3. The Morgan fingerprint density at radius 2 is 1.79 bits per heavy atom. The molecule has 1 aliphatic heterocycles. The van der Waals surface area contributed by atoms with E-state index in [1.54, 1.807) is 0 Å². The maximum atomic E-state index is 10.4. The summed E-state index contributed by atoms with van der Waals surface area (Å²) in [6.07, 6.45) is 15.3. The Balaban J connectivity index is 2.23. The molecule has 138 valence electrons. The fraction of sp³-hybridized carbons (Fsp3) is 0.737. The number of aliphatic hydroxyl groups excluding tert-OH is 2. The third-order valence-corrected chi connectivity index (χ3v) is 4.29. The molecule has 5 nitrogen and oxygen atoms in total. The molecule has 0 aromatic carbocycles. The molecule has 0 amide bonds. The van der Waals surface area contributed by atoms with Crippen LogP contribution in [0.25, 0.3) is 0 Å². The summed E-state index contributed by atoms with van der Waals surface area (Å²) >= 11 is 0. The summed E-state index contributed by atoms with van der Waals surface area (Å²) in [6, 6.07) is 0. The van der Waals surface area contributed by atoms with Crippen LogP contribution < -0.4 is 0 Å². The minimum absolute atomic E-state index is 0.00126. The third-order valence-electron chi connectivity index (χ3n) is 4.29. The average molecular weight is 340 g/mol. The first-order chi connectivity index (χ1) is 11.6. The highest BCUT2D eigenvalue weighted by molar-refractivity contribution is 5.66. The number of aliphatic hydroxyl groups is 2. The van der Waals surface area contributed by atoms with E-state index in [1.807, 2.05) is 12.2 Å². The van der Waals surface area contributed by atoms with Crippen molar-refractivity contribution in [2.24, 2.45) is 5.92 Å². The molecule has 24 heavy (non-hydrogen) atoms. The topological polar surface area (TPSA) is 87.0 Å². The highest BCUT2D eigenvalue weighted by Crippen LogP contribution is 2.26. The van der Waals surface area contributed by atoms with E-state index in [0.29, 0.717) is 13.0 Å². The highest BCUT2D eigenvalue weighted by Gasteiger charge is 2.33. The fourth-order valence-electron chi connectivity index (χ4n) is 2.87. The molecule has 0 unspecified atom stereocenters. The van der Waals surface area contributed by atoms with E-state index in [4.69, 9.17) is 14.9 Å². The Hall–Kier alpha value is -1.17. The maximum absolute atomic E-state index is 10.4. The Morgan fingerprint density at radius 1 is 1.04 bits per heavy atom. The molecule has 0 aliphatic carbocycles. The van der Waals surface area contributed by atoms with Gasteiger partial charge in [-0.1, -0.05) is 37.1 Å². The largest absolute Gasteiger partial charge is 0.481 e. The van der Waals surface area contributed by atoms with E-state index in [2.05, 4.69) is 12.2 Å². The van der Waals surface area contributed by atoms with Crippen molar-refractivity contribution in [1.29, 1.82) is 0 Å². The zero-order valence-electron chi connectivity index (χ0n) is 14.5. The molecule has 5 heteroatoms. The molecular weight excluding hydrogens is 308 g/mol. The number of hydrogen-bond donors (Lipinski definition) is 3. The van der Waals surface area contributed by atoms with Crippen LogP contribution in [0.4, 0.5) is 0 Å². The van der Waals surface area contributed by atoms with Crippen LogP contribution in [0.5, 0.6) is 0 Å². The summed E-state index contributed by atoms with van der Waals surface area (Å²) < 4.78 is 5.66. The van der Waals surface area contributed by atoms with Crippen LogP contribution >= 0.6 is 0 Å². The van der Waals surface area contributed by atoms with Crippen molar-refractivity contribution in [2.45, 2.75) is 70.0 Å². The molecular formula is C19H32O5. The first-order valence-electron chi connectivity index (χ1n) is 9.09. The lowest BCUT2D eigenvalue weighted by atomic mass is 9.95. The van der Waals surface area contributed by atoms with Crippen molar-refractivity contribution in [1.82, 2.24) is 0 Å². The van der Waals surface area contributed by atoms with Crippen molar-refractivity contribution in [3.05, 3.63) is 24.3 Å². The van der Waals surface area contributed by atoms with Crippen LogP contribution in [0.1, 0.15) is 57.8 Å². The van der Waals surface area contributed by atoms with Gasteiger partial charge in [0.05, 0.1) is 18.8 Å². The van der Waals surface area contributed by atoms with Gasteiger partial charge in [0.15, 0.2) is 0 Å². The van der Waals surface area contributed by atoms with Gasteiger partial charge in [0.25, 0.3) is 0 Å². The SMILES string of the molecule is O=C(O)CCCC=CC[C@@H]1OC[C@H](O)[C@@H]1C=CCCCCCCO. The van der Waals surface area contributed by atoms with Gasteiger partial charge in [-0.3, -0.25) is 4.79 Å². The molecule has 1 aliphatic rings. The van der Waals surface area contributed by atoms with Crippen LogP contribution in [0, 0.1) is 5.92 Å². The molecule has 1 rings (SSSR count). The molecule has 1 fully saturated rings. The van der Waals surface area contributed by atoms with Crippen molar-refractivity contribution in [3.63, 3.8) is 0 Å². The van der Waals surface area contributed by atoms with Crippen molar-refractivity contribution >= 4 is 5.97 Å². The van der Waals surface area contributed by atoms with E-state index in [1.165, 1.54) is 0 Å². The quantitative estimate of drug-likeness (QED) is 0.354. The number of ether oxygens (including phenoxy) is 1. The summed E-state index contributed by atoms with van der Waals surface area (Å²) in [5.74, 6) is -0.724. The Morgan fingerprint density at radius 3 is 2.54 bits per heavy atom. The Labute approximate surface area is 145 Å². The summed E-state index contributed by atoms with van der Waals surface area (Å²) in [4.78, 5) is 10.4. The minimum Gasteiger partial charge on any atom is -0.481 e. The van der Waals surface area contributed by atoms with Gasteiger partial charge in [0.2, 0.25) is 0 Å². The summed E-state index contributed by atoms with van der Waals surface area (Å²) in [5.41, 5.74) is 0. The van der Waals surface area contributed by atoms with E-state index in [9.17, 15) is 9.90 Å². The second kappa shape index (κ2) is 13.2. The van der Waals surface area contributed by atoms with Crippen molar-refractivity contribution in [3.8, 4) is 0 Å². The normalized spacial score (nSPS) is 24.3. The predicted molar refractivity (Wildman–Crippen MR) is 93.8 cm³/mol. The maximum Gasteiger partial charge on any atom is 0.303 e. The molecule has 3 N–H and O–H groups in total. The van der Waals surface area contributed by atoms with Gasteiger partial charge in [-0.15, -0.1) is 0 Å². The van der Waals surface area contributed by atoms with Gasteiger partial charge < -0.3 is 20.1 Å². The number of carbonyl (C=O) groups is 1. The lowest BCUT2D eigenvalue weighted by Crippen LogP contribution is -2.21. The van der Waals surface area contributed by atoms with E-state index >= 15 is 0 Å². The lowest BCUT2D eigenvalue weighted by molar-refractivity contribution is -0.137. The fourth-order valence-corrected chi connectivity index (χ4v) is 2.87. The van der Waals surface area contributed by atoms with Crippen LogP contribution in [-0.2, 0) is 9.53 Å². The zero-order chi connectivity index (χ0) is 17.6. The third kappa shape index (κ3) is 9.21. The monoisotopic (exact) mass is 340 g/mol. The minimum atomic E-state index is -0.757. The standard InChI is InChI=1S/C19H32O5/c20-14-10-6-2-1-3-7-11-16-17(21)15-24-18(16)12-8-4-5-9-13-19(22)23/h4,7-8,11,16-18,20-21H,1-3,5-6,9-10,12-15H2,(H,22,23)/t16-,17-,18-/m0/s1. The van der Waals surface area contributed by atoms with Crippen LogP contribution in [0.15, 0.2) is 24.3 Å². The van der Waals surface area contributed by atoms with E-state index in [-0.39, 0.29) is 25.0 Å². The number of aliphatic carboxylic acids is 1. The number of carboxylic acids is 1. The van der Waals surface area contributed by atoms with Crippen molar-refractivity contribution in [2.75, 3.05) is 13.2 Å². The highest BCUT2D eigenvalue weighted by atomic mass is 16.5. The van der Waals surface area contributed by atoms with Gasteiger partial charge in [0, 0.05) is 18.9 Å². The predicted octanol–water partition coefficient (Wildman–Crippen LogP) is 3.06. The molecule has 1 saturated heterocycles. The molecule has 1 heterocycles. The number of carboxylic acid groups (broad SMARTS) is 1. The average Bonchev–Trinajstić information content (AvgIpc) is 2.90. The molecule has 0 bridgehead atoms. The molecule has 0 saturated carbocycles. The smallest absolute Gasteiger partial charge is 0.303 e. The molecule has 0 aromatic rings. The number of rotatable bonds is 13. The number of hydrogen-bond acceptors (Lipinski definition) is 4. The van der Waals surface area contributed by atoms with E-state index in [0.717, 1.165) is 44.9 Å². The van der Waals surface area contributed by atoms with Gasteiger partial charge in [0.1, 0.15) is 0 Å². The van der Waals surface area contributed by atoms with Crippen LogP contribution in [0.2, 0.25) is 0 Å². The Kier molecular flexibility index (Phi) is 11.4. The molecule has 0 aromatic heterocycles.